The van der Waals surface area contributed by atoms with Crippen LogP contribution in [-0.2, 0) is 24.1 Å². The molecule has 0 saturated carbocycles. The number of fused-ring (bicyclic) bond motifs is 1. The molecule has 4 aromatic rings. The summed E-state index contributed by atoms with van der Waals surface area (Å²) in [6.07, 6.45) is 5.49. The van der Waals surface area contributed by atoms with Gasteiger partial charge in [0.1, 0.15) is 11.3 Å². The van der Waals surface area contributed by atoms with E-state index in [0.717, 1.165) is 31.2 Å². The molecule has 0 bridgehead atoms. The lowest BCUT2D eigenvalue weighted by molar-refractivity contribution is 0.0525. The predicted molar refractivity (Wildman–Crippen MR) is 129 cm³/mol. The third kappa shape index (κ3) is 3.83. The van der Waals surface area contributed by atoms with Gasteiger partial charge in [0.15, 0.2) is 11.5 Å². The second-order valence-electron chi connectivity index (χ2n) is 8.36. The number of anilines is 1. The highest BCUT2D eigenvalue weighted by molar-refractivity contribution is 6.04. The largest absolute Gasteiger partial charge is 0.462 e. The smallest absolute Gasteiger partial charge is 0.360 e. The van der Waals surface area contributed by atoms with Gasteiger partial charge >= 0.3 is 11.6 Å². The number of aryl methyl sites for hydroxylation is 1. The minimum Gasteiger partial charge on any atom is -0.462 e. The highest BCUT2D eigenvalue weighted by atomic mass is 16.5. The van der Waals surface area contributed by atoms with Crippen LogP contribution in [0.2, 0.25) is 0 Å². The molecule has 3 heterocycles. The Morgan fingerprint density at radius 2 is 1.91 bits per heavy atom. The number of carbonyl (C=O) groups is 1. The molecular weight excluding hydrogens is 432 g/mol. The Bertz CT molecular complexity index is 1380. The first-order valence-corrected chi connectivity index (χ1v) is 11.5. The van der Waals surface area contributed by atoms with Crippen LogP contribution in [0.1, 0.15) is 46.9 Å². The van der Waals surface area contributed by atoms with E-state index in [-0.39, 0.29) is 29.4 Å². The minimum absolute atomic E-state index is 0.0167. The summed E-state index contributed by atoms with van der Waals surface area (Å²) in [4.78, 5) is 26.1. The number of hydrogen-bond acceptors (Lipinski definition) is 6. The summed E-state index contributed by atoms with van der Waals surface area (Å²) < 4.78 is 18.5. The highest BCUT2D eigenvalue weighted by Gasteiger charge is 2.31. The molecule has 5 rings (SSSR count). The van der Waals surface area contributed by atoms with E-state index in [4.69, 9.17) is 19.3 Å². The maximum atomic E-state index is 13.2. The van der Waals surface area contributed by atoms with Crippen molar-refractivity contribution < 1.29 is 18.4 Å². The Kier molecular flexibility index (Phi) is 5.84. The number of nitrogens with two attached hydrogens (primary N) is 1. The molecule has 1 aromatic carbocycles. The van der Waals surface area contributed by atoms with Gasteiger partial charge in [0.2, 0.25) is 0 Å². The first-order chi connectivity index (χ1) is 16.6. The molecule has 34 heavy (non-hydrogen) atoms. The van der Waals surface area contributed by atoms with Crippen molar-refractivity contribution in [3.05, 3.63) is 87.6 Å². The minimum atomic E-state index is -0.722. The summed E-state index contributed by atoms with van der Waals surface area (Å²) in [5, 5.41) is 0. The predicted octanol–water partition coefficient (Wildman–Crippen LogP) is 5.05. The number of carbonyl (C=O) groups excluding carboxylic acids is 1. The van der Waals surface area contributed by atoms with Crippen molar-refractivity contribution in [3.63, 3.8) is 0 Å². The van der Waals surface area contributed by atoms with Gasteiger partial charge in [-0.05, 0) is 61.9 Å². The maximum absolute atomic E-state index is 13.2. The molecule has 7 heteroatoms. The van der Waals surface area contributed by atoms with Crippen LogP contribution in [0.15, 0.2) is 68.4 Å². The van der Waals surface area contributed by atoms with E-state index in [1.807, 2.05) is 18.2 Å². The zero-order valence-corrected chi connectivity index (χ0v) is 19.0. The van der Waals surface area contributed by atoms with Crippen molar-refractivity contribution in [3.8, 4) is 22.8 Å². The van der Waals surface area contributed by atoms with E-state index in [1.165, 1.54) is 17.5 Å². The molecule has 3 aromatic heterocycles. The second-order valence-corrected chi connectivity index (χ2v) is 8.36. The zero-order valence-electron chi connectivity index (χ0n) is 19.0. The topological polar surface area (TPSA) is 101 Å². The summed E-state index contributed by atoms with van der Waals surface area (Å²) in [5.74, 6) is -0.347. The van der Waals surface area contributed by atoms with Crippen molar-refractivity contribution >= 4 is 11.7 Å². The van der Waals surface area contributed by atoms with Crippen LogP contribution in [0.5, 0.6) is 0 Å². The molecule has 0 saturated heterocycles. The van der Waals surface area contributed by atoms with Gasteiger partial charge in [-0.3, -0.25) is 0 Å². The van der Waals surface area contributed by atoms with Crippen molar-refractivity contribution in [2.24, 2.45) is 0 Å². The summed E-state index contributed by atoms with van der Waals surface area (Å²) in [5.41, 5.74) is 10.1. The lowest BCUT2D eigenvalue weighted by Crippen LogP contribution is -2.18. The molecule has 7 nitrogen and oxygen atoms in total. The number of aromatic nitrogens is 1. The van der Waals surface area contributed by atoms with Gasteiger partial charge in [0.25, 0.3) is 0 Å². The fourth-order valence-electron chi connectivity index (χ4n) is 4.71. The van der Waals surface area contributed by atoms with Crippen molar-refractivity contribution in [1.29, 1.82) is 0 Å². The quantitative estimate of drug-likeness (QED) is 0.406. The summed E-state index contributed by atoms with van der Waals surface area (Å²) in [6.45, 7) is 2.48. The number of esters is 1. The summed E-state index contributed by atoms with van der Waals surface area (Å²) >= 11 is 0. The van der Waals surface area contributed by atoms with Crippen LogP contribution in [0.4, 0.5) is 5.69 Å². The average Bonchev–Trinajstić information content (AvgIpc) is 3.50. The number of hydrogen-bond donors (Lipinski definition) is 1. The average molecular weight is 459 g/mol. The number of rotatable bonds is 6. The maximum Gasteiger partial charge on any atom is 0.360 e. The van der Waals surface area contributed by atoms with Crippen LogP contribution in [0.25, 0.3) is 22.8 Å². The Morgan fingerprint density at radius 1 is 1.12 bits per heavy atom. The molecule has 0 radical (unpaired) electrons. The van der Waals surface area contributed by atoms with E-state index in [2.05, 4.69) is 22.8 Å². The molecule has 0 atom stereocenters. The number of benzene rings is 1. The van der Waals surface area contributed by atoms with E-state index in [1.54, 1.807) is 19.1 Å². The Hall–Kier alpha value is -4.00. The number of furan rings is 1. The molecule has 0 fully saturated rings. The first kappa shape index (κ1) is 21.8. The van der Waals surface area contributed by atoms with Crippen molar-refractivity contribution in [1.82, 2.24) is 4.57 Å². The van der Waals surface area contributed by atoms with Gasteiger partial charge in [-0.15, -0.1) is 0 Å². The normalized spacial score (nSPS) is 13.0. The molecule has 174 valence electrons. The van der Waals surface area contributed by atoms with Crippen LogP contribution >= 0.6 is 0 Å². The fraction of sp³-hybridized carbons (Fsp3) is 0.259. The lowest BCUT2D eigenvalue weighted by Gasteiger charge is -2.19. The van der Waals surface area contributed by atoms with Crippen LogP contribution in [0.3, 0.4) is 0 Å². The third-order valence-corrected chi connectivity index (χ3v) is 6.23. The zero-order chi connectivity index (χ0) is 23.7. The Labute approximate surface area is 196 Å². The monoisotopic (exact) mass is 458 g/mol. The molecule has 1 aliphatic rings. The SMILES string of the molecule is CCOC(=O)c1c(-c2ccco2)oc(=O)c(N)c1-c1cc2c(n1Cc1ccccc1)CCCC2. The molecule has 0 aliphatic heterocycles. The van der Waals surface area contributed by atoms with E-state index in [0.29, 0.717) is 17.8 Å². The number of ether oxygens (including phenoxy) is 1. The van der Waals surface area contributed by atoms with Gasteiger partial charge in [-0.1, -0.05) is 30.3 Å². The van der Waals surface area contributed by atoms with Crippen LogP contribution < -0.4 is 11.4 Å². The Balaban J connectivity index is 1.81. The van der Waals surface area contributed by atoms with E-state index >= 15 is 0 Å². The molecule has 0 spiro atoms. The van der Waals surface area contributed by atoms with Gasteiger partial charge < -0.3 is 23.9 Å². The molecule has 0 unspecified atom stereocenters. The molecule has 1 aliphatic carbocycles. The first-order valence-electron chi connectivity index (χ1n) is 11.5. The molecule has 2 N–H and O–H groups in total. The van der Waals surface area contributed by atoms with Gasteiger partial charge in [0, 0.05) is 17.8 Å². The van der Waals surface area contributed by atoms with Crippen LogP contribution in [-0.4, -0.2) is 17.1 Å². The third-order valence-electron chi connectivity index (χ3n) is 6.23. The molecular formula is C27H26N2O5. The number of nitrogen functional groups attached to an aromatic ring is 1. The van der Waals surface area contributed by atoms with Gasteiger partial charge in [-0.25, -0.2) is 9.59 Å². The van der Waals surface area contributed by atoms with Gasteiger partial charge in [-0.2, -0.15) is 0 Å². The van der Waals surface area contributed by atoms with E-state index < -0.39 is 11.6 Å². The summed E-state index contributed by atoms with van der Waals surface area (Å²) in [7, 11) is 0. The second kappa shape index (κ2) is 9.09. The highest BCUT2D eigenvalue weighted by Crippen LogP contribution is 2.39. The standard InChI is InChI=1S/C27H26N2O5/c1-2-32-26(30)23-22(24(28)27(31)34-25(23)21-13-8-14-33-21)20-15-18-11-6-7-12-19(18)29(20)16-17-9-4-3-5-10-17/h3-5,8-10,13-15H,2,6-7,11-12,16,28H2,1H3. The van der Waals surface area contributed by atoms with Gasteiger partial charge in [0.05, 0.1) is 18.6 Å². The van der Waals surface area contributed by atoms with Crippen molar-refractivity contribution in [2.75, 3.05) is 12.3 Å². The summed E-state index contributed by atoms with van der Waals surface area (Å²) in [6, 6.07) is 15.4. The van der Waals surface area contributed by atoms with E-state index in [9.17, 15) is 9.59 Å². The van der Waals surface area contributed by atoms with Crippen LogP contribution in [0, 0.1) is 0 Å². The van der Waals surface area contributed by atoms with Crippen molar-refractivity contribution in [2.45, 2.75) is 39.2 Å². The number of nitrogens with zero attached hydrogens (tertiary/aromatic N) is 1. The fourth-order valence-corrected chi connectivity index (χ4v) is 4.71. The molecule has 0 amide bonds. The lowest BCUT2D eigenvalue weighted by atomic mass is 9.97. The Morgan fingerprint density at radius 3 is 2.65 bits per heavy atom.